The van der Waals surface area contributed by atoms with Crippen LogP contribution in [-0.4, -0.2) is 62.2 Å². The molecule has 3 saturated carbocycles. The average Bonchev–Trinajstić information content (AvgIpc) is 3.49. The number of amides is 1. The zero-order chi connectivity index (χ0) is 25.9. The molecule has 0 aromatic carbocycles. The van der Waals surface area contributed by atoms with Crippen molar-refractivity contribution in [3.8, 4) is 0 Å². The van der Waals surface area contributed by atoms with Crippen molar-refractivity contribution in [2.24, 2.45) is 5.92 Å². The van der Waals surface area contributed by atoms with Crippen LogP contribution in [0.4, 0.5) is 34.1 Å². The number of halogens is 4. The minimum absolute atomic E-state index is 0.00714. The topological polar surface area (TPSA) is 128 Å². The molecule has 2 bridgehead atoms. The molecule has 1 saturated heterocycles. The van der Waals surface area contributed by atoms with Gasteiger partial charge in [-0.1, -0.05) is 0 Å². The molecule has 3 N–H and O–H groups in total. The number of fused-ring (bicyclic) bond motifs is 1. The lowest BCUT2D eigenvalue weighted by Crippen LogP contribution is -2.68. The highest BCUT2D eigenvalue weighted by Gasteiger charge is 2.58. The fourth-order valence-corrected chi connectivity index (χ4v) is 5.10. The lowest BCUT2D eigenvalue weighted by molar-refractivity contribution is -0.141. The van der Waals surface area contributed by atoms with Gasteiger partial charge in [-0.2, -0.15) is 18.3 Å². The first-order chi connectivity index (χ1) is 17.6. The van der Waals surface area contributed by atoms with Gasteiger partial charge in [0, 0.05) is 31.0 Å². The molecular formula is C22H23F4N7O4. The first-order valence-corrected chi connectivity index (χ1v) is 11.6. The molecule has 11 nitrogen and oxygen atoms in total. The molecule has 3 atom stereocenters. The number of carbonyl (C=O) groups excluding carboxylic acids is 1. The summed E-state index contributed by atoms with van der Waals surface area (Å²) < 4.78 is 72.4. The minimum Gasteiger partial charge on any atom is -0.441 e. The summed E-state index contributed by atoms with van der Waals surface area (Å²) in [6.07, 6.45) is -5.00. The van der Waals surface area contributed by atoms with Crippen molar-refractivity contribution in [3.05, 3.63) is 35.4 Å². The summed E-state index contributed by atoms with van der Waals surface area (Å²) in [7, 11) is 1.44. The largest absolute Gasteiger partial charge is 0.441 e. The number of hydrogen-bond acceptors (Lipinski definition) is 8. The van der Waals surface area contributed by atoms with Gasteiger partial charge in [-0.3, -0.25) is 9.50 Å². The highest BCUT2D eigenvalue weighted by molar-refractivity contribution is 5.69. The summed E-state index contributed by atoms with van der Waals surface area (Å²) in [5.74, 6) is 0.542. The van der Waals surface area contributed by atoms with Crippen LogP contribution < -0.4 is 10.6 Å². The first-order valence-electron chi connectivity index (χ1n) is 11.6. The molecule has 198 valence electrons. The third-order valence-corrected chi connectivity index (χ3v) is 6.98. The van der Waals surface area contributed by atoms with Crippen molar-refractivity contribution < 1.29 is 36.6 Å². The monoisotopic (exact) mass is 525 g/mol. The van der Waals surface area contributed by atoms with Crippen molar-refractivity contribution in [1.29, 1.82) is 0 Å². The van der Waals surface area contributed by atoms with E-state index in [4.69, 9.17) is 14.2 Å². The number of aromatic nitrogens is 5. The van der Waals surface area contributed by atoms with Crippen LogP contribution in [0.25, 0.3) is 5.65 Å². The highest BCUT2D eigenvalue weighted by atomic mass is 19.4. The number of methoxy groups -OCH3 is 1. The number of alkyl carbamates (subject to hydrolysis) is 1. The van der Waals surface area contributed by atoms with Gasteiger partial charge in [-0.25, -0.2) is 19.2 Å². The van der Waals surface area contributed by atoms with Crippen molar-refractivity contribution in [2.45, 2.75) is 56.0 Å². The lowest BCUT2D eigenvalue weighted by Gasteiger charge is -2.61. The molecule has 3 aromatic heterocycles. The number of aromatic amines is 1. The van der Waals surface area contributed by atoms with E-state index in [2.05, 4.69) is 30.8 Å². The Bertz CT molecular complexity index is 1330. The molecular weight excluding hydrogens is 502 g/mol. The molecule has 4 heterocycles. The summed E-state index contributed by atoms with van der Waals surface area (Å²) in [6, 6.07) is 2.22. The Hall–Kier alpha value is -3.46. The van der Waals surface area contributed by atoms with Gasteiger partial charge in [0.15, 0.2) is 23.8 Å². The molecule has 3 aliphatic carbocycles. The quantitative estimate of drug-likeness (QED) is 0.401. The second-order valence-electron chi connectivity index (χ2n) is 9.72. The van der Waals surface area contributed by atoms with Crippen LogP contribution in [0.2, 0.25) is 0 Å². The molecule has 1 aliphatic heterocycles. The number of nitrogens with zero attached hydrogens (tertiary/aromatic N) is 4. The van der Waals surface area contributed by atoms with Crippen LogP contribution in [0.3, 0.4) is 0 Å². The van der Waals surface area contributed by atoms with Crippen LogP contribution in [0.15, 0.2) is 18.3 Å². The molecule has 4 aliphatic rings. The van der Waals surface area contributed by atoms with E-state index in [1.54, 1.807) is 0 Å². The maximum Gasteiger partial charge on any atom is 0.433 e. The standard InChI is InChI=1S/C22H23F4N7O4/c1-35-8-11-7-33-16(27-11)3-14(22(24,25)26)28-19(33)29-15-2-12(31-32-15)18-17(23)13(9-36-18)37-20(34)30-21-4-10(5-21)6-21/h2-3,7,10,13,17-18H,4-6,8-9H2,1H3,(H,30,34)(H2,28,29,31,32)/t10?,13-,17-,18-,21?/m0/s1. The Balaban J connectivity index is 1.16. The predicted molar refractivity (Wildman–Crippen MR) is 118 cm³/mol. The molecule has 0 spiro atoms. The number of H-pyrrole nitrogens is 1. The summed E-state index contributed by atoms with van der Waals surface area (Å²) in [4.78, 5) is 20.0. The van der Waals surface area contributed by atoms with Gasteiger partial charge < -0.3 is 24.8 Å². The number of hydrogen-bond donors (Lipinski definition) is 3. The average molecular weight is 525 g/mol. The maximum absolute atomic E-state index is 15.1. The summed E-state index contributed by atoms with van der Waals surface area (Å²) in [5.41, 5.74) is -0.715. The van der Waals surface area contributed by atoms with Gasteiger partial charge in [0.2, 0.25) is 5.95 Å². The normalized spacial score (nSPS) is 28.6. The van der Waals surface area contributed by atoms with Crippen LogP contribution in [0, 0.1) is 5.92 Å². The van der Waals surface area contributed by atoms with Gasteiger partial charge in [0.1, 0.15) is 11.8 Å². The number of anilines is 2. The summed E-state index contributed by atoms with van der Waals surface area (Å²) in [6.45, 7) is -0.0571. The fourth-order valence-electron chi connectivity index (χ4n) is 5.10. The molecule has 15 heteroatoms. The van der Waals surface area contributed by atoms with Crippen molar-refractivity contribution in [3.63, 3.8) is 0 Å². The Labute approximate surface area is 206 Å². The molecule has 37 heavy (non-hydrogen) atoms. The third-order valence-electron chi connectivity index (χ3n) is 6.98. The van der Waals surface area contributed by atoms with Gasteiger partial charge in [-0.05, 0) is 25.2 Å². The predicted octanol–water partition coefficient (Wildman–Crippen LogP) is 3.42. The van der Waals surface area contributed by atoms with E-state index in [0.29, 0.717) is 11.6 Å². The fraction of sp³-hybridized carbons (Fsp3) is 0.545. The molecule has 1 amide bonds. The smallest absolute Gasteiger partial charge is 0.433 e. The van der Waals surface area contributed by atoms with E-state index in [9.17, 15) is 18.0 Å². The molecule has 0 radical (unpaired) electrons. The number of alkyl halides is 4. The number of imidazole rings is 1. The van der Waals surface area contributed by atoms with E-state index >= 15 is 4.39 Å². The summed E-state index contributed by atoms with van der Waals surface area (Å²) in [5, 5.41) is 12.2. The van der Waals surface area contributed by atoms with Crippen LogP contribution in [-0.2, 0) is 27.0 Å². The second-order valence-corrected chi connectivity index (χ2v) is 9.72. The molecule has 7 rings (SSSR count). The van der Waals surface area contributed by atoms with Crippen molar-refractivity contribution in [2.75, 3.05) is 19.0 Å². The minimum atomic E-state index is -4.71. The molecule has 0 unspecified atom stereocenters. The Kier molecular flexibility index (Phi) is 5.52. The van der Waals surface area contributed by atoms with E-state index in [-0.39, 0.29) is 41.9 Å². The van der Waals surface area contributed by atoms with Crippen LogP contribution >= 0.6 is 0 Å². The zero-order valence-electron chi connectivity index (χ0n) is 19.5. The SMILES string of the molecule is COCc1cn2c(Nc3cc([C@@H]4OC[C@H](OC(=O)NC56CC(C5)C6)[C@@H]4F)[nH]n3)nc(C(F)(F)F)cc2n1. The summed E-state index contributed by atoms with van der Waals surface area (Å²) >= 11 is 0. The molecule has 4 fully saturated rings. The number of carbonyl (C=O) groups is 1. The van der Waals surface area contributed by atoms with E-state index in [1.165, 1.54) is 23.8 Å². The first kappa shape index (κ1) is 23.9. The van der Waals surface area contributed by atoms with Gasteiger partial charge >= 0.3 is 12.3 Å². The lowest BCUT2D eigenvalue weighted by atomic mass is 9.50. The Morgan fingerprint density at radius 1 is 1.30 bits per heavy atom. The second kappa shape index (κ2) is 8.55. The van der Waals surface area contributed by atoms with E-state index in [1.807, 2.05) is 0 Å². The van der Waals surface area contributed by atoms with Crippen molar-refractivity contribution >= 4 is 23.5 Å². The molecule has 3 aromatic rings. The Morgan fingerprint density at radius 3 is 2.76 bits per heavy atom. The number of nitrogens with one attached hydrogen (secondary N) is 3. The zero-order valence-corrected chi connectivity index (χ0v) is 19.5. The van der Waals surface area contributed by atoms with Crippen LogP contribution in [0.1, 0.15) is 42.4 Å². The van der Waals surface area contributed by atoms with Gasteiger partial charge in [-0.15, -0.1) is 0 Å². The third kappa shape index (κ3) is 4.35. The van der Waals surface area contributed by atoms with Gasteiger partial charge in [0.25, 0.3) is 0 Å². The van der Waals surface area contributed by atoms with Gasteiger partial charge in [0.05, 0.1) is 24.6 Å². The van der Waals surface area contributed by atoms with E-state index < -0.39 is 36.3 Å². The van der Waals surface area contributed by atoms with Crippen molar-refractivity contribution in [1.82, 2.24) is 29.9 Å². The number of ether oxygens (including phenoxy) is 3. The highest BCUT2D eigenvalue weighted by Crippen LogP contribution is 2.57. The number of rotatable bonds is 7. The maximum atomic E-state index is 15.1. The van der Waals surface area contributed by atoms with E-state index in [0.717, 1.165) is 25.3 Å². The van der Waals surface area contributed by atoms with Crippen LogP contribution in [0.5, 0.6) is 0 Å². The Morgan fingerprint density at radius 2 is 2.08 bits per heavy atom.